The lowest BCUT2D eigenvalue weighted by molar-refractivity contribution is -0.120. The van der Waals surface area contributed by atoms with Crippen molar-refractivity contribution < 1.29 is 4.79 Å². The van der Waals surface area contributed by atoms with E-state index in [4.69, 9.17) is 0 Å². The summed E-state index contributed by atoms with van der Waals surface area (Å²) in [5, 5.41) is 9.99. The highest BCUT2D eigenvalue weighted by Crippen LogP contribution is 2.37. The Hall–Kier alpha value is -2.95. The number of carbonyl (C=O) groups excluding carboxylic acids is 1. The van der Waals surface area contributed by atoms with Gasteiger partial charge in [-0.15, -0.1) is 0 Å². The molecule has 1 aromatic heterocycles. The molecule has 4 rings (SSSR count). The van der Waals surface area contributed by atoms with Crippen molar-refractivity contribution in [1.29, 1.82) is 0 Å². The van der Waals surface area contributed by atoms with E-state index in [1.807, 2.05) is 0 Å². The van der Waals surface area contributed by atoms with Crippen LogP contribution in [0.25, 0.3) is 11.1 Å². The minimum Gasteiger partial charge on any atom is -0.352 e. The van der Waals surface area contributed by atoms with Gasteiger partial charge in [0, 0.05) is 12.5 Å². The predicted molar refractivity (Wildman–Crippen MR) is 101 cm³/mol. The third-order valence-corrected chi connectivity index (χ3v) is 4.61. The zero-order valence-corrected chi connectivity index (χ0v) is 14.8. The van der Waals surface area contributed by atoms with Crippen LogP contribution in [0, 0.1) is 6.92 Å². The van der Waals surface area contributed by atoms with Crippen LogP contribution in [-0.2, 0) is 17.8 Å². The molecule has 5 heteroatoms. The average Bonchev–Trinajstić information content (AvgIpc) is 3.40. The van der Waals surface area contributed by atoms with E-state index in [9.17, 15) is 4.79 Å². The van der Waals surface area contributed by atoms with Crippen molar-refractivity contribution in [2.24, 2.45) is 0 Å². The fourth-order valence-electron chi connectivity index (χ4n) is 2.97. The number of rotatable bonds is 6. The van der Waals surface area contributed by atoms with Crippen molar-refractivity contribution in [3.05, 3.63) is 71.3 Å². The highest BCUT2D eigenvalue weighted by molar-refractivity contribution is 5.77. The lowest BCUT2D eigenvalue weighted by Crippen LogP contribution is -2.25. The van der Waals surface area contributed by atoms with Gasteiger partial charge in [0.15, 0.2) is 5.82 Å². The zero-order chi connectivity index (χ0) is 17.9. The van der Waals surface area contributed by atoms with Gasteiger partial charge in [-0.2, -0.15) is 5.10 Å². The molecular formula is C21H22N4O. The Morgan fingerprint density at radius 1 is 1.15 bits per heavy atom. The number of benzene rings is 2. The van der Waals surface area contributed by atoms with Gasteiger partial charge < -0.3 is 5.32 Å². The van der Waals surface area contributed by atoms with Gasteiger partial charge in [0.2, 0.25) is 5.91 Å². The second kappa shape index (κ2) is 7.12. The Balaban J connectivity index is 1.31. The molecule has 1 aliphatic carbocycles. The number of aromatic nitrogens is 3. The highest BCUT2D eigenvalue weighted by atomic mass is 16.1. The molecule has 2 aromatic carbocycles. The molecule has 132 valence electrons. The van der Waals surface area contributed by atoms with Crippen LogP contribution >= 0.6 is 0 Å². The summed E-state index contributed by atoms with van der Waals surface area (Å²) in [5.41, 5.74) is 4.71. The van der Waals surface area contributed by atoms with Crippen LogP contribution in [0.1, 0.15) is 41.5 Å². The normalized spacial score (nSPS) is 13.6. The summed E-state index contributed by atoms with van der Waals surface area (Å²) in [4.78, 5) is 16.5. The first-order valence-electron chi connectivity index (χ1n) is 9.01. The van der Waals surface area contributed by atoms with Crippen LogP contribution in [0.15, 0.2) is 48.5 Å². The largest absolute Gasteiger partial charge is 0.352 e. The number of nitrogens with one attached hydrogen (secondary N) is 2. The van der Waals surface area contributed by atoms with Crippen LogP contribution in [0.3, 0.4) is 0 Å². The van der Waals surface area contributed by atoms with Gasteiger partial charge in [-0.1, -0.05) is 54.1 Å². The molecule has 0 bridgehead atoms. The first-order chi connectivity index (χ1) is 12.7. The zero-order valence-electron chi connectivity index (χ0n) is 14.8. The first kappa shape index (κ1) is 16.5. The van der Waals surface area contributed by atoms with Crippen LogP contribution in [0.5, 0.6) is 0 Å². The Morgan fingerprint density at radius 2 is 1.96 bits per heavy atom. The van der Waals surface area contributed by atoms with E-state index in [2.05, 4.69) is 76.0 Å². The summed E-state index contributed by atoms with van der Waals surface area (Å²) in [7, 11) is 0. The number of H-pyrrole nitrogens is 1. The minimum atomic E-state index is -0.0498. The lowest BCUT2D eigenvalue weighted by atomic mass is 10.0. The number of aromatic amines is 1. The van der Waals surface area contributed by atoms with Gasteiger partial charge in [-0.3, -0.25) is 9.89 Å². The summed E-state index contributed by atoms with van der Waals surface area (Å²) in [5.74, 6) is 1.93. The highest BCUT2D eigenvalue weighted by Gasteiger charge is 2.27. The molecule has 1 aliphatic rings. The van der Waals surface area contributed by atoms with Crippen LogP contribution < -0.4 is 5.32 Å². The smallest absolute Gasteiger partial charge is 0.227 e. The van der Waals surface area contributed by atoms with Crippen molar-refractivity contribution in [1.82, 2.24) is 20.5 Å². The van der Waals surface area contributed by atoms with Gasteiger partial charge in [0.1, 0.15) is 5.82 Å². The number of hydrogen-bond donors (Lipinski definition) is 2. The molecule has 0 radical (unpaired) electrons. The standard InChI is InChI=1S/C21H22N4O/c1-14-3-2-4-18(11-14)16-7-5-15(6-8-16)13-22-20(26)12-19-23-21(25-24-19)17-9-10-17/h2-8,11,17H,9-10,12-13H2,1H3,(H,22,26)(H,23,24,25). The molecule has 0 aliphatic heterocycles. The quantitative estimate of drug-likeness (QED) is 0.717. The maximum atomic E-state index is 12.1. The number of hydrogen-bond acceptors (Lipinski definition) is 3. The molecule has 1 heterocycles. The van der Waals surface area contributed by atoms with E-state index >= 15 is 0 Å². The Morgan fingerprint density at radius 3 is 2.69 bits per heavy atom. The summed E-state index contributed by atoms with van der Waals surface area (Å²) < 4.78 is 0. The van der Waals surface area contributed by atoms with Crippen molar-refractivity contribution in [2.45, 2.75) is 38.6 Å². The van der Waals surface area contributed by atoms with Crippen LogP contribution in [-0.4, -0.2) is 21.1 Å². The molecule has 3 aromatic rings. The fraction of sp³-hybridized carbons (Fsp3) is 0.286. The van der Waals surface area contributed by atoms with Crippen LogP contribution in [0.4, 0.5) is 0 Å². The van der Waals surface area contributed by atoms with Crippen LogP contribution in [0.2, 0.25) is 0 Å². The lowest BCUT2D eigenvalue weighted by Gasteiger charge is -2.07. The molecule has 26 heavy (non-hydrogen) atoms. The third kappa shape index (κ3) is 3.99. The van der Waals surface area contributed by atoms with Crippen molar-refractivity contribution >= 4 is 5.91 Å². The van der Waals surface area contributed by atoms with E-state index in [1.54, 1.807) is 0 Å². The van der Waals surface area contributed by atoms with Gasteiger partial charge >= 0.3 is 0 Å². The number of aryl methyl sites for hydroxylation is 1. The molecule has 0 saturated heterocycles. The Bertz CT molecular complexity index is 910. The second-order valence-corrected chi connectivity index (χ2v) is 6.93. The second-order valence-electron chi connectivity index (χ2n) is 6.93. The number of nitrogens with zero attached hydrogens (tertiary/aromatic N) is 2. The monoisotopic (exact) mass is 346 g/mol. The van der Waals surface area contributed by atoms with E-state index in [0.29, 0.717) is 18.3 Å². The van der Waals surface area contributed by atoms with E-state index < -0.39 is 0 Å². The third-order valence-electron chi connectivity index (χ3n) is 4.61. The molecule has 5 nitrogen and oxygen atoms in total. The minimum absolute atomic E-state index is 0.0498. The molecule has 1 amide bonds. The molecule has 1 saturated carbocycles. The maximum absolute atomic E-state index is 12.1. The average molecular weight is 346 g/mol. The molecule has 0 atom stereocenters. The molecule has 1 fully saturated rings. The Labute approximate surface area is 152 Å². The summed E-state index contributed by atoms with van der Waals surface area (Å²) in [6.45, 7) is 2.60. The fourth-order valence-corrected chi connectivity index (χ4v) is 2.97. The van der Waals surface area contributed by atoms with E-state index in [0.717, 1.165) is 24.2 Å². The van der Waals surface area contributed by atoms with E-state index in [-0.39, 0.29) is 12.3 Å². The van der Waals surface area contributed by atoms with Gasteiger partial charge in [-0.05, 0) is 36.5 Å². The van der Waals surface area contributed by atoms with E-state index in [1.165, 1.54) is 16.7 Å². The number of carbonyl (C=O) groups is 1. The SMILES string of the molecule is Cc1cccc(-c2ccc(CNC(=O)Cc3nc(C4CC4)n[nH]3)cc2)c1. The van der Waals surface area contributed by atoms with Gasteiger partial charge in [0.25, 0.3) is 0 Å². The van der Waals surface area contributed by atoms with Crippen molar-refractivity contribution in [2.75, 3.05) is 0 Å². The number of amides is 1. The van der Waals surface area contributed by atoms with Crippen molar-refractivity contribution in [3.63, 3.8) is 0 Å². The molecule has 0 unspecified atom stereocenters. The molecule has 2 N–H and O–H groups in total. The molecular weight excluding hydrogens is 324 g/mol. The topological polar surface area (TPSA) is 70.7 Å². The maximum Gasteiger partial charge on any atom is 0.227 e. The van der Waals surface area contributed by atoms with Gasteiger partial charge in [-0.25, -0.2) is 4.98 Å². The Kier molecular flexibility index (Phi) is 4.52. The van der Waals surface area contributed by atoms with Crippen molar-refractivity contribution in [3.8, 4) is 11.1 Å². The summed E-state index contributed by atoms with van der Waals surface area (Å²) in [6, 6.07) is 16.7. The van der Waals surface area contributed by atoms with Gasteiger partial charge in [0.05, 0.1) is 6.42 Å². The summed E-state index contributed by atoms with van der Waals surface area (Å²) >= 11 is 0. The first-order valence-corrected chi connectivity index (χ1v) is 9.01. The predicted octanol–water partition coefficient (Wildman–Crippen LogP) is 3.52. The summed E-state index contributed by atoms with van der Waals surface area (Å²) in [6.07, 6.45) is 2.55. The molecule has 0 spiro atoms.